The molecule has 17 heavy (non-hydrogen) atoms. The van der Waals surface area contributed by atoms with E-state index in [0.29, 0.717) is 5.41 Å². The number of aryl methyl sites for hydroxylation is 1. The third-order valence-electron chi connectivity index (χ3n) is 4.23. The third kappa shape index (κ3) is 2.11. The van der Waals surface area contributed by atoms with Gasteiger partial charge in [0, 0.05) is 24.2 Å². The lowest BCUT2D eigenvalue weighted by Crippen LogP contribution is -2.36. The highest BCUT2D eigenvalue weighted by atomic mass is 15.1. The van der Waals surface area contributed by atoms with Crippen LogP contribution in [0.25, 0.3) is 0 Å². The van der Waals surface area contributed by atoms with Crippen molar-refractivity contribution in [3.8, 4) is 0 Å². The summed E-state index contributed by atoms with van der Waals surface area (Å²) in [6, 6.07) is 4.22. The third-order valence-corrected chi connectivity index (χ3v) is 4.23. The van der Waals surface area contributed by atoms with Gasteiger partial charge in [-0.1, -0.05) is 19.3 Å². The number of aromatic nitrogens is 1. The standard InChI is InChI=1S/C14H21N3/c1-11-5-6-12-13(17-11)16-10-14(9-15-12)7-3-2-4-8-14/h5-6,15H,2-4,7-10H2,1H3,(H,16,17). The van der Waals surface area contributed by atoms with Crippen LogP contribution in [-0.2, 0) is 0 Å². The highest BCUT2D eigenvalue weighted by Gasteiger charge is 2.33. The molecule has 3 rings (SSSR count). The van der Waals surface area contributed by atoms with Crippen LogP contribution >= 0.6 is 0 Å². The van der Waals surface area contributed by atoms with Gasteiger partial charge in [0.25, 0.3) is 0 Å². The molecule has 1 spiro atoms. The Kier molecular flexibility index (Phi) is 2.69. The van der Waals surface area contributed by atoms with Crippen molar-refractivity contribution in [2.75, 3.05) is 23.7 Å². The molecule has 2 heterocycles. The first-order valence-electron chi connectivity index (χ1n) is 6.73. The summed E-state index contributed by atoms with van der Waals surface area (Å²) in [5, 5.41) is 7.14. The number of hydrogen-bond donors (Lipinski definition) is 2. The van der Waals surface area contributed by atoms with Crippen LogP contribution in [0.4, 0.5) is 11.5 Å². The zero-order valence-electron chi connectivity index (χ0n) is 10.6. The van der Waals surface area contributed by atoms with Gasteiger partial charge >= 0.3 is 0 Å². The molecule has 1 aliphatic carbocycles. The molecular weight excluding hydrogens is 210 g/mol. The Balaban J connectivity index is 1.82. The van der Waals surface area contributed by atoms with E-state index in [4.69, 9.17) is 0 Å². The zero-order chi connectivity index (χ0) is 11.7. The summed E-state index contributed by atoms with van der Waals surface area (Å²) in [6.45, 7) is 4.21. The van der Waals surface area contributed by atoms with E-state index in [1.54, 1.807) is 0 Å². The largest absolute Gasteiger partial charge is 0.381 e. The van der Waals surface area contributed by atoms with Crippen LogP contribution in [0.2, 0.25) is 0 Å². The fourth-order valence-corrected chi connectivity index (χ4v) is 3.11. The predicted molar refractivity (Wildman–Crippen MR) is 71.5 cm³/mol. The molecule has 3 heteroatoms. The van der Waals surface area contributed by atoms with Crippen molar-refractivity contribution in [2.24, 2.45) is 5.41 Å². The summed E-state index contributed by atoms with van der Waals surface area (Å²) < 4.78 is 0. The Morgan fingerprint density at radius 3 is 2.65 bits per heavy atom. The van der Waals surface area contributed by atoms with Gasteiger partial charge in [-0.25, -0.2) is 4.98 Å². The second-order valence-electron chi connectivity index (χ2n) is 5.62. The van der Waals surface area contributed by atoms with E-state index in [9.17, 15) is 0 Å². The van der Waals surface area contributed by atoms with Crippen molar-refractivity contribution in [3.05, 3.63) is 17.8 Å². The van der Waals surface area contributed by atoms with Crippen molar-refractivity contribution in [2.45, 2.75) is 39.0 Å². The summed E-state index contributed by atoms with van der Waals surface area (Å²) >= 11 is 0. The molecule has 1 fully saturated rings. The van der Waals surface area contributed by atoms with Crippen molar-refractivity contribution >= 4 is 11.5 Å². The highest BCUT2D eigenvalue weighted by molar-refractivity contribution is 5.65. The Morgan fingerprint density at radius 1 is 1.06 bits per heavy atom. The quantitative estimate of drug-likeness (QED) is 0.720. The van der Waals surface area contributed by atoms with E-state index in [2.05, 4.69) is 27.8 Å². The summed E-state index contributed by atoms with van der Waals surface area (Å²) in [7, 11) is 0. The van der Waals surface area contributed by atoms with E-state index >= 15 is 0 Å². The zero-order valence-corrected chi connectivity index (χ0v) is 10.6. The Labute approximate surface area is 103 Å². The molecule has 2 aliphatic rings. The first-order chi connectivity index (χ1) is 8.27. The van der Waals surface area contributed by atoms with Gasteiger partial charge in [-0.2, -0.15) is 0 Å². The van der Waals surface area contributed by atoms with Crippen molar-refractivity contribution < 1.29 is 0 Å². The molecule has 0 amide bonds. The molecule has 0 bridgehead atoms. The number of hydrogen-bond acceptors (Lipinski definition) is 3. The van der Waals surface area contributed by atoms with Gasteiger partial charge in [0.1, 0.15) is 5.82 Å². The molecule has 1 saturated carbocycles. The van der Waals surface area contributed by atoms with E-state index in [1.807, 2.05) is 6.92 Å². The van der Waals surface area contributed by atoms with E-state index in [0.717, 1.165) is 30.3 Å². The van der Waals surface area contributed by atoms with Crippen LogP contribution in [0.5, 0.6) is 0 Å². The average molecular weight is 231 g/mol. The van der Waals surface area contributed by atoms with Crippen LogP contribution in [0.1, 0.15) is 37.8 Å². The van der Waals surface area contributed by atoms with Crippen LogP contribution in [-0.4, -0.2) is 18.1 Å². The van der Waals surface area contributed by atoms with Crippen molar-refractivity contribution in [1.82, 2.24) is 4.98 Å². The first-order valence-corrected chi connectivity index (χ1v) is 6.73. The van der Waals surface area contributed by atoms with E-state index in [-0.39, 0.29) is 0 Å². The van der Waals surface area contributed by atoms with Crippen molar-refractivity contribution in [3.63, 3.8) is 0 Å². The molecule has 1 aromatic rings. The molecule has 2 N–H and O–H groups in total. The lowest BCUT2D eigenvalue weighted by molar-refractivity contribution is 0.224. The maximum atomic E-state index is 4.58. The molecule has 1 aromatic heterocycles. The van der Waals surface area contributed by atoms with Gasteiger partial charge in [-0.3, -0.25) is 0 Å². The van der Waals surface area contributed by atoms with Gasteiger partial charge in [0.15, 0.2) is 0 Å². The summed E-state index contributed by atoms with van der Waals surface area (Å²) in [4.78, 5) is 4.58. The number of fused-ring (bicyclic) bond motifs is 1. The Morgan fingerprint density at radius 2 is 1.82 bits per heavy atom. The fourth-order valence-electron chi connectivity index (χ4n) is 3.11. The molecule has 3 nitrogen and oxygen atoms in total. The highest BCUT2D eigenvalue weighted by Crippen LogP contribution is 2.39. The maximum Gasteiger partial charge on any atom is 0.149 e. The molecule has 1 aliphatic heterocycles. The van der Waals surface area contributed by atoms with Gasteiger partial charge in [0.2, 0.25) is 0 Å². The van der Waals surface area contributed by atoms with E-state index < -0.39 is 0 Å². The summed E-state index contributed by atoms with van der Waals surface area (Å²) in [6.07, 6.45) is 6.87. The second-order valence-corrected chi connectivity index (χ2v) is 5.62. The van der Waals surface area contributed by atoms with Crippen molar-refractivity contribution in [1.29, 1.82) is 0 Å². The smallest absolute Gasteiger partial charge is 0.149 e. The van der Waals surface area contributed by atoms with Crippen LogP contribution < -0.4 is 10.6 Å². The minimum absolute atomic E-state index is 0.451. The second kappa shape index (κ2) is 4.21. The van der Waals surface area contributed by atoms with Gasteiger partial charge in [0.05, 0.1) is 5.69 Å². The van der Waals surface area contributed by atoms with Gasteiger partial charge < -0.3 is 10.6 Å². The lowest BCUT2D eigenvalue weighted by atomic mass is 9.74. The number of anilines is 2. The molecule has 0 atom stereocenters. The van der Waals surface area contributed by atoms with E-state index in [1.165, 1.54) is 32.1 Å². The molecular formula is C14H21N3. The summed E-state index contributed by atoms with van der Waals surface area (Å²) in [5.41, 5.74) is 2.70. The van der Waals surface area contributed by atoms with Gasteiger partial charge in [-0.05, 0) is 31.9 Å². The van der Waals surface area contributed by atoms with Gasteiger partial charge in [-0.15, -0.1) is 0 Å². The molecule has 0 unspecified atom stereocenters. The Bertz CT molecular complexity index is 408. The number of rotatable bonds is 0. The number of nitrogens with zero attached hydrogens (tertiary/aromatic N) is 1. The first kappa shape index (κ1) is 10.9. The lowest BCUT2D eigenvalue weighted by Gasteiger charge is -2.36. The summed E-state index contributed by atoms with van der Waals surface area (Å²) in [5.74, 6) is 1.03. The Hall–Kier alpha value is -1.25. The average Bonchev–Trinajstić information content (AvgIpc) is 2.52. The maximum absolute atomic E-state index is 4.58. The normalized spacial score (nSPS) is 22.2. The number of pyridine rings is 1. The minimum atomic E-state index is 0.451. The predicted octanol–water partition coefficient (Wildman–Crippen LogP) is 3.18. The molecule has 92 valence electrons. The minimum Gasteiger partial charge on any atom is -0.381 e. The van der Waals surface area contributed by atoms with Crippen LogP contribution in [0.3, 0.4) is 0 Å². The topological polar surface area (TPSA) is 37.0 Å². The molecule has 0 saturated heterocycles. The molecule has 0 aromatic carbocycles. The monoisotopic (exact) mass is 231 g/mol. The van der Waals surface area contributed by atoms with Crippen LogP contribution in [0.15, 0.2) is 12.1 Å². The van der Waals surface area contributed by atoms with Crippen LogP contribution in [0, 0.1) is 12.3 Å². The number of nitrogens with one attached hydrogen (secondary N) is 2. The molecule has 0 radical (unpaired) electrons. The fraction of sp³-hybridized carbons (Fsp3) is 0.643. The SMILES string of the molecule is Cc1ccc2c(n1)NCC1(CCCCC1)CN2.